The molecule has 1 aliphatic heterocycles. The van der Waals surface area contributed by atoms with Crippen LogP contribution in [0.5, 0.6) is 0 Å². The average Bonchev–Trinajstić information content (AvgIpc) is 3.62. The van der Waals surface area contributed by atoms with E-state index in [0.29, 0.717) is 12.8 Å². The fourth-order valence-corrected chi connectivity index (χ4v) is 10.0. The Morgan fingerprint density at radius 1 is 0.528 bits per heavy atom. The number of nitrogens with zero attached hydrogens (tertiary/aromatic N) is 1. The first-order valence-electron chi connectivity index (χ1n) is 26.7. The van der Waals surface area contributed by atoms with Gasteiger partial charge in [0.15, 0.2) is 0 Å². The van der Waals surface area contributed by atoms with E-state index in [1.807, 2.05) is 52.2 Å². The first-order chi connectivity index (χ1) is 34.1. The molecule has 0 radical (unpaired) electrons. The monoisotopic (exact) mass is 976 g/mol. The largest absolute Gasteiger partial charge is 0.494 e. The molecule has 2 heterocycles. The molecule has 0 unspecified atom stereocenters. The van der Waals surface area contributed by atoms with Crippen molar-refractivity contribution in [1.82, 2.24) is 4.98 Å². The maximum Gasteiger partial charge on any atom is 0.494 e. The highest BCUT2D eigenvalue weighted by Gasteiger charge is 2.51. The van der Waals surface area contributed by atoms with Crippen molar-refractivity contribution in [3.63, 3.8) is 0 Å². The molecule has 0 bridgehead atoms. The van der Waals surface area contributed by atoms with Gasteiger partial charge in [-0.05, 0) is 166 Å². The summed E-state index contributed by atoms with van der Waals surface area (Å²) in [5, 5.41) is 21.3. The van der Waals surface area contributed by atoms with Crippen LogP contribution in [0, 0.1) is 13.8 Å². The van der Waals surface area contributed by atoms with Gasteiger partial charge in [0.1, 0.15) is 0 Å². The van der Waals surface area contributed by atoms with Crippen LogP contribution in [-0.2, 0) is 36.1 Å². The molecule has 6 rings (SSSR count). The van der Waals surface area contributed by atoms with Crippen molar-refractivity contribution in [3.05, 3.63) is 166 Å². The Balaban J connectivity index is 0.000000296. The molecule has 0 saturated carbocycles. The summed E-state index contributed by atoms with van der Waals surface area (Å²) >= 11 is 0. The Labute approximate surface area is 434 Å². The van der Waals surface area contributed by atoms with Gasteiger partial charge in [-0.2, -0.15) is 9.59 Å². The number of aryl methyl sites for hydroxylation is 3. The van der Waals surface area contributed by atoms with Gasteiger partial charge in [-0.15, -0.1) is 0 Å². The Kier molecular flexibility index (Phi) is 21.1. The molecule has 0 spiro atoms. The summed E-state index contributed by atoms with van der Waals surface area (Å²) in [5.41, 5.74) is 12.6. The number of hydrogen-bond acceptors (Lipinski definition) is 7. The van der Waals surface area contributed by atoms with Crippen molar-refractivity contribution in [2.75, 3.05) is 0 Å². The van der Waals surface area contributed by atoms with Gasteiger partial charge in [0.05, 0.1) is 22.4 Å². The molecule has 1 aliphatic rings. The molecule has 0 amide bonds. The number of benzene rings is 4. The van der Waals surface area contributed by atoms with E-state index in [1.54, 1.807) is 0 Å². The third kappa shape index (κ3) is 13.5. The van der Waals surface area contributed by atoms with Crippen LogP contribution in [0.1, 0.15) is 191 Å². The molecule has 386 valence electrons. The standard InChI is InChI=1S/C32H41NO.C31H45BO3.CO2/c1-7-25-21-28(23-33-22-25)27-13-15-29(16-14-27)32(10-4,11-5)30-17-12-26(24(6)20-30)18-19-31(34,8-2)9-3;1-10-30(33,11-2)21-20-24-14-15-26(22-23(24)5)31(12-3,13-4)25-16-18-27(19-17-25)32-34-28(6,7)29(8,9)35-32;2-1-3/h12-23,34H,7-11H2,1-6H3;14-22,33H,10-13H2,1-9H3;/b19-18+;21-20+;. The van der Waals surface area contributed by atoms with Crippen LogP contribution >= 0.6 is 0 Å². The van der Waals surface area contributed by atoms with Gasteiger partial charge in [-0.25, -0.2) is 0 Å². The molecule has 0 atom stereocenters. The van der Waals surface area contributed by atoms with Crippen LogP contribution in [0.2, 0.25) is 0 Å². The lowest BCUT2D eigenvalue weighted by Gasteiger charge is -2.34. The Bertz CT molecular complexity index is 2570. The van der Waals surface area contributed by atoms with E-state index < -0.39 is 11.2 Å². The SMILES string of the molecule is CCC(O)(/C=C/c1ccc(C(CC)(CC)c2ccc(B3OC(C)(C)C(C)(C)O3)cc2)cc1C)CC.CCc1cncc(-c2ccc(C(CC)(CC)c3ccc(/C=C/C(O)(CC)CC)c(C)c3)cc2)c1.O=C=O. The zero-order valence-corrected chi connectivity index (χ0v) is 46.5. The summed E-state index contributed by atoms with van der Waals surface area (Å²) in [6.07, 6.45) is 20.2. The van der Waals surface area contributed by atoms with Crippen LogP contribution in [-0.4, -0.2) is 50.9 Å². The van der Waals surface area contributed by atoms with E-state index in [9.17, 15) is 10.2 Å². The minimum atomic E-state index is -0.735. The van der Waals surface area contributed by atoms with E-state index in [4.69, 9.17) is 18.9 Å². The van der Waals surface area contributed by atoms with Crippen molar-refractivity contribution in [2.24, 2.45) is 0 Å². The maximum absolute atomic E-state index is 10.6. The van der Waals surface area contributed by atoms with Crippen molar-refractivity contribution in [2.45, 2.75) is 195 Å². The van der Waals surface area contributed by atoms with Gasteiger partial charge >= 0.3 is 13.3 Å². The average molecular weight is 976 g/mol. The lowest BCUT2D eigenvalue weighted by molar-refractivity contribution is -0.191. The fraction of sp³-hybridized carbons (Fsp3) is 0.469. The lowest BCUT2D eigenvalue weighted by Crippen LogP contribution is -2.41. The van der Waals surface area contributed by atoms with Gasteiger partial charge in [-0.3, -0.25) is 4.98 Å². The molecule has 4 aromatic carbocycles. The minimum Gasteiger partial charge on any atom is -0.399 e. The molecule has 2 N–H and O–H groups in total. The van der Waals surface area contributed by atoms with E-state index in [1.165, 1.54) is 55.6 Å². The van der Waals surface area contributed by atoms with Crippen LogP contribution in [0.4, 0.5) is 0 Å². The van der Waals surface area contributed by atoms with E-state index >= 15 is 0 Å². The quantitative estimate of drug-likeness (QED) is 0.0794. The molecule has 1 aromatic heterocycles. The Morgan fingerprint density at radius 3 is 1.25 bits per heavy atom. The zero-order valence-electron chi connectivity index (χ0n) is 46.5. The summed E-state index contributed by atoms with van der Waals surface area (Å²) in [6, 6.07) is 33.8. The molecule has 7 nitrogen and oxygen atoms in total. The molecular weight excluding hydrogens is 890 g/mol. The Hall–Kier alpha value is -5.21. The third-order valence-corrected chi connectivity index (χ3v) is 16.6. The number of aromatic nitrogens is 1. The molecule has 5 aromatic rings. The van der Waals surface area contributed by atoms with Gasteiger partial charge in [-0.1, -0.05) is 172 Å². The molecule has 72 heavy (non-hydrogen) atoms. The second-order valence-electron chi connectivity index (χ2n) is 20.8. The molecular formula is C64H86BNO6. The Morgan fingerprint density at radius 2 is 0.903 bits per heavy atom. The summed E-state index contributed by atoms with van der Waals surface area (Å²) in [7, 11) is -0.343. The molecule has 0 aliphatic carbocycles. The first-order valence-corrected chi connectivity index (χ1v) is 26.7. The molecule has 8 heteroatoms. The predicted octanol–water partition coefficient (Wildman–Crippen LogP) is 14.7. The number of hydrogen-bond donors (Lipinski definition) is 2. The highest BCUT2D eigenvalue weighted by atomic mass is 16.7. The third-order valence-electron chi connectivity index (χ3n) is 16.6. The maximum atomic E-state index is 10.6. The number of carbonyl (C=O) groups excluding carboxylic acids is 2. The van der Waals surface area contributed by atoms with Crippen molar-refractivity contribution in [3.8, 4) is 11.1 Å². The van der Waals surface area contributed by atoms with Crippen LogP contribution in [0.3, 0.4) is 0 Å². The summed E-state index contributed by atoms with van der Waals surface area (Å²) in [4.78, 5) is 20.7. The summed E-state index contributed by atoms with van der Waals surface area (Å²) in [6.45, 7) is 32.1. The number of rotatable bonds is 19. The second-order valence-corrected chi connectivity index (χ2v) is 20.8. The predicted molar refractivity (Wildman–Crippen MR) is 300 cm³/mol. The van der Waals surface area contributed by atoms with E-state index in [0.717, 1.165) is 56.0 Å². The highest BCUT2D eigenvalue weighted by Crippen LogP contribution is 2.42. The zero-order chi connectivity index (χ0) is 53.5. The van der Waals surface area contributed by atoms with E-state index in [-0.39, 0.29) is 35.3 Å². The second kappa shape index (κ2) is 25.6. The van der Waals surface area contributed by atoms with Crippen molar-refractivity contribution < 1.29 is 29.1 Å². The van der Waals surface area contributed by atoms with Gasteiger partial charge in [0.25, 0.3) is 0 Å². The number of pyridine rings is 1. The highest BCUT2D eigenvalue weighted by molar-refractivity contribution is 6.62. The minimum absolute atomic E-state index is 0.0252. The molecule has 1 saturated heterocycles. The first kappa shape index (κ1) is 59.4. The fourth-order valence-electron chi connectivity index (χ4n) is 10.0. The van der Waals surface area contributed by atoms with Gasteiger partial charge in [0, 0.05) is 28.8 Å². The van der Waals surface area contributed by atoms with E-state index in [2.05, 4.69) is 184 Å². The smallest absolute Gasteiger partial charge is 0.399 e. The molecule has 1 fully saturated rings. The number of aliphatic hydroxyl groups is 2. The van der Waals surface area contributed by atoms with Gasteiger partial charge < -0.3 is 19.5 Å². The normalized spacial score (nSPS) is 14.7. The summed E-state index contributed by atoms with van der Waals surface area (Å²) in [5.74, 6) is 0. The van der Waals surface area contributed by atoms with Gasteiger partial charge in [0.2, 0.25) is 0 Å². The topological polar surface area (TPSA) is 106 Å². The van der Waals surface area contributed by atoms with Crippen molar-refractivity contribution >= 4 is 30.9 Å². The van der Waals surface area contributed by atoms with Crippen molar-refractivity contribution in [1.29, 1.82) is 0 Å². The summed E-state index contributed by atoms with van der Waals surface area (Å²) < 4.78 is 12.5. The van der Waals surface area contributed by atoms with Crippen LogP contribution < -0.4 is 5.46 Å². The van der Waals surface area contributed by atoms with Crippen LogP contribution in [0.15, 0.2) is 116 Å². The lowest BCUT2D eigenvalue weighted by atomic mass is 9.69. The van der Waals surface area contributed by atoms with Crippen LogP contribution in [0.25, 0.3) is 23.3 Å².